The van der Waals surface area contributed by atoms with E-state index in [9.17, 15) is 23.1 Å². The van der Waals surface area contributed by atoms with Crippen molar-refractivity contribution in [2.75, 3.05) is 25.9 Å². The first-order valence-electron chi connectivity index (χ1n) is 7.77. The van der Waals surface area contributed by atoms with Gasteiger partial charge >= 0.3 is 5.97 Å². The van der Waals surface area contributed by atoms with Crippen molar-refractivity contribution in [1.29, 1.82) is 0 Å². The Kier molecular flexibility index (Phi) is 5.11. The number of hydrogen-bond acceptors (Lipinski definition) is 4. The van der Waals surface area contributed by atoms with Crippen LogP contribution >= 0.6 is 0 Å². The third-order valence-electron chi connectivity index (χ3n) is 4.87. The maximum absolute atomic E-state index is 12.4. The highest BCUT2D eigenvalue weighted by atomic mass is 32.2. The van der Waals surface area contributed by atoms with E-state index in [0.717, 1.165) is 19.3 Å². The molecular weight excluding hydrogens is 308 g/mol. The molecule has 0 atom stereocenters. The Morgan fingerprint density at radius 1 is 1.18 bits per heavy atom. The molecule has 0 aromatic carbocycles. The summed E-state index contributed by atoms with van der Waals surface area (Å²) < 4.78 is 24.8. The van der Waals surface area contributed by atoms with E-state index in [2.05, 4.69) is 0 Å². The van der Waals surface area contributed by atoms with Crippen molar-refractivity contribution in [2.45, 2.75) is 50.5 Å². The maximum Gasteiger partial charge on any atom is 0.329 e. The van der Waals surface area contributed by atoms with Crippen LogP contribution in [0.4, 0.5) is 0 Å². The van der Waals surface area contributed by atoms with Gasteiger partial charge in [-0.2, -0.15) is 0 Å². The molecule has 1 aliphatic heterocycles. The summed E-state index contributed by atoms with van der Waals surface area (Å²) in [6.07, 6.45) is 4.13. The van der Waals surface area contributed by atoms with Crippen LogP contribution in [0.1, 0.15) is 44.9 Å². The van der Waals surface area contributed by atoms with E-state index >= 15 is 0 Å². The Morgan fingerprint density at radius 3 is 2.32 bits per heavy atom. The van der Waals surface area contributed by atoms with Crippen LogP contribution in [0.2, 0.25) is 0 Å². The summed E-state index contributed by atoms with van der Waals surface area (Å²) in [5.74, 6) is -1.13. The third-order valence-corrected chi connectivity index (χ3v) is 6.83. The van der Waals surface area contributed by atoms with Crippen LogP contribution in [0.15, 0.2) is 0 Å². The van der Waals surface area contributed by atoms with Gasteiger partial charge in [-0.1, -0.05) is 19.3 Å². The topological polar surface area (TPSA) is 95.0 Å². The average Bonchev–Trinajstić information content (AvgIpc) is 2.83. The number of carbonyl (C=O) groups is 2. The molecule has 22 heavy (non-hydrogen) atoms. The summed E-state index contributed by atoms with van der Waals surface area (Å²) in [6.45, 7) is 0.588. The molecule has 0 spiro atoms. The molecule has 0 radical (unpaired) electrons. The van der Waals surface area contributed by atoms with Gasteiger partial charge in [0.15, 0.2) is 0 Å². The van der Waals surface area contributed by atoms with E-state index in [1.807, 2.05) is 0 Å². The summed E-state index contributed by atoms with van der Waals surface area (Å²) in [4.78, 5) is 25.4. The Morgan fingerprint density at radius 2 is 1.82 bits per heavy atom. The number of aliphatic carboxylic acids is 1. The molecule has 1 aliphatic carbocycles. The van der Waals surface area contributed by atoms with Gasteiger partial charge in [0.05, 0.1) is 5.75 Å². The van der Waals surface area contributed by atoms with Gasteiger partial charge in [0.1, 0.15) is 5.54 Å². The minimum atomic E-state index is -3.22. The fourth-order valence-electron chi connectivity index (χ4n) is 3.40. The molecule has 1 saturated carbocycles. The maximum atomic E-state index is 12.4. The predicted molar refractivity (Wildman–Crippen MR) is 80.8 cm³/mol. The number of hydrogen-bond donors (Lipinski definition) is 1. The number of carboxylic acids is 1. The van der Waals surface area contributed by atoms with Gasteiger partial charge in [-0.25, -0.2) is 17.5 Å². The van der Waals surface area contributed by atoms with Gasteiger partial charge in [-0.05, 0) is 19.3 Å². The normalized spacial score (nSPS) is 24.0. The van der Waals surface area contributed by atoms with E-state index in [4.69, 9.17) is 0 Å². The van der Waals surface area contributed by atoms with Crippen LogP contribution in [0.3, 0.4) is 0 Å². The third kappa shape index (κ3) is 3.27. The Labute approximate surface area is 131 Å². The zero-order valence-corrected chi connectivity index (χ0v) is 13.8. The highest BCUT2D eigenvalue weighted by Crippen LogP contribution is 2.33. The monoisotopic (exact) mass is 332 g/mol. The lowest BCUT2D eigenvalue weighted by Gasteiger charge is -2.41. The van der Waals surface area contributed by atoms with Crippen molar-refractivity contribution >= 4 is 21.9 Å². The van der Waals surface area contributed by atoms with Crippen LogP contribution < -0.4 is 0 Å². The molecule has 2 rings (SSSR count). The lowest BCUT2D eigenvalue weighted by Crippen LogP contribution is -2.56. The number of rotatable bonds is 5. The van der Waals surface area contributed by atoms with Crippen LogP contribution in [0.5, 0.6) is 0 Å². The molecule has 1 saturated heterocycles. The smallest absolute Gasteiger partial charge is 0.329 e. The Balaban J connectivity index is 2.00. The summed E-state index contributed by atoms with van der Waals surface area (Å²) in [5, 5.41) is 9.57. The zero-order valence-electron chi connectivity index (χ0n) is 13.0. The van der Waals surface area contributed by atoms with Gasteiger partial charge in [-0.3, -0.25) is 4.79 Å². The van der Waals surface area contributed by atoms with Gasteiger partial charge in [0, 0.05) is 26.6 Å². The van der Waals surface area contributed by atoms with E-state index in [0.29, 0.717) is 25.8 Å². The molecular formula is C14H24N2O5S. The van der Waals surface area contributed by atoms with Crippen LogP contribution in [-0.4, -0.2) is 66.0 Å². The number of likely N-dealkylation sites (N-methyl/N-ethyl adjacent to an activating group) is 1. The van der Waals surface area contributed by atoms with Crippen molar-refractivity contribution in [1.82, 2.24) is 9.21 Å². The van der Waals surface area contributed by atoms with E-state index < -0.39 is 21.5 Å². The molecule has 2 aliphatic rings. The van der Waals surface area contributed by atoms with Gasteiger partial charge < -0.3 is 10.0 Å². The van der Waals surface area contributed by atoms with Gasteiger partial charge in [-0.15, -0.1) is 0 Å². The van der Waals surface area contributed by atoms with Crippen LogP contribution in [0.25, 0.3) is 0 Å². The average molecular weight is 332 g/mol. The molecule has 2 fully saturated rings. The number of carboxylic acid groups (broad SMARTS) is 1. The molecule has 126 valence electrons. The van der Waals surface area contributed by atoms with E-state index in [-0.39, 0.29) is 24.6 Å². The molecule has 1 heterocycles. The fraction of sp³-hybridized carbons (Fsp3) is 0.857. The molecule has 0 aromatic heterocycles. The summed E-state index contributed by atoms with van der Waals surface area (Å²) in [5.41, 5.74) is -1.13. The standard InChI is InChI=1S/C14H24N2O5S/c1-15(14(13(18)19)7-3-2-4-8-14)12(17)6-10-16-9-5-11-22(16,20)21/h2-11H2,1H3,(H,18,19). The summed E-state index contributed by atoms with van der Waals surface area (Å²) in [6, 6.07) is 0. The van der Waals surface area contributed by atoms with Crippen molar-refractivity contribution in [3.63, 3.8) is 0 Å². The van der Waals surface area contributed by atoms with Crippen LogP contribution in [0, 0.1) is 0 Å². The van der Waals surface area contributed by atoms with Crippen LogP contribution in [-0.2, 0) is 19.6 Å². The van der Waals surface area contributed by atoms with Crippen molar-refractivity contribution in [3.8, 4) is 0 Å². The lowest BCUT2D eigenvalue weighted by atomic mass is 9.80. The first kappa shape index (κ1) is 17.2. The first-order chi connectivity index (χ1) is 10.3. The molecule has 0 aromatic rings. The second-order valence-corrected chi connectivity index (χ2v) is 8.26. The number of amides is 1. The van der Waals surface area contributed by atoms with E-state index in [1.165, 1.54) is 16.3 Å². The molecule has 7 nitrogen and oxygen atoms in total. The highest BCUT2D eigenvalue weighted by molar-refractivity contribution is 7.89. The molecule has 8 heteroatoms. The lowest BCUT2D eigenvalue weighted by molar-refractivity contribution is -0.160. The second kappa shape index (κ2) is 6.54. The molecule has 0 bridgehead atoms. The predicted octanol–water partition coefficient (Wildman–Crippen LogP) is 0.658. The van der Waals surface area contributed by atoms with Crippen molar-refractivity contribution < 1.29 is 23.1 Å². The summed E-state index contributed by atoms with van der Waals surface area (Å²) >= 11 is 0. The second-order valence-electron chi connectivity index (χ2n) is 6.17. The molecule has 0 unspecified atom stereocenters. The van der Waals surface area contributed by atoms with Crippen molar-refractivity contribution in [2.24, 2.45) is 0 Å². The number of nitrogens with zero attached hydrogens (tertiary/aromatic N) is 2. The molecule has 1 N–H and O–H groups in total. The highest BCUT2D eigenvalue weighted by Gasteiger charge is 2.45. The van der Waals surface area contributed by atoms with E-state index in [1.54, 1.807) is 0 Å². The Bertz CT molecular complexity index is 539. The van der Waals surface area contributed by atoms with Crippen molar-refractivity contribution in [3.05, 3.63) is 0 Å². The SMILES string of the molecule is CN(C(=O)CCN1CCCS1(=O)=O)C1(C(=O)O)CCCCC1. The Hall–Kier alpha value is -1.15. The van der Waals surface area contributed by atoms with Gasteiger partial charge in [0.25, 0.3) is 0 Å². The quantitative estimate of drug-likeness (QED) is 0.798. The molecule has 1 amide bonds. The number of carbonyl (C=O) groups excluding carboxylic acids is 1. The minimum absolute atomic E-state index is 0.0325. The fourth-order valence-corrected chi connectivity index (χ4v) is 4.93. The largest absolute Gasteiger partial charge is 0.479 e. The zero-order chi connectivity index (χ0) is 16.4. The number of sulfonamides is 1. The van der Waals surface area contributed by atoms with Gasteiger partial charge in [0.2, 0.25) is 15.9 Å². The minimum Gasteiger partial charge on any atom is -0.479 e. The summed E-state index contributed by atoms with van der Waals surface area (Å²) in [7, 11) is -1.69. The first-order valence-corrected chi connectivity index (χ1v) is 9.38.